The lowest BCUT2D eigenvalue weighted by Crippen LogP contribution is -1.95. The molecule has 0 N–H and O–H groups in total. The van der Waals surface area contributed by atoms with Gasteiger partial charge in [-0.05, 0) is 6.26 Å². The maximum absolute atomic E-state index is 5.85. The van der Waals surface area contributed by atoms with E-state index in [1.54, 1.807) is 7.05 Å². The first-order valence-electron chi connectivity index (χ1n) is 3.38. The van der Waals surface area contributed by atoms with Crippen LogP contribution in [0.15, 0.2) is 10.1 Å². The molecular weight excluding hydrogens is 229 g/mol. The summed E-state index contributed by atoms with van der Waals surface area (Å²) in [6.45, 7) is 0. The molecule has 0 aliphatic carbocycles. The first-order chi connectivity index (χ1) is 6.19. The lowest BCUT2D eigenvalue weighted by Gasteiger charge is -2.01. The van der Waals surface area contributed by atoms with Crippen LogP contribution in [-0.2, 0) is 0 Å². The number of hydrogen-bond donors (Lipinski definition) is 0. The third-order valence-electron chi connectivity index (χ3n) is 1.27. The van der Waals surface area contributed by atoms with Crippen LogP contribution < -0.4 is 0 Å². The highest BCUT2D eigenvalue weighted by Gasteiger charge is 2.08. The molecule has 70 valence electrons. The van der Waals surface area contributed by atoms with Crippen molar-refractivity contribution in [2.24, 2.45) is 4.99 Å². The van der Waals surface area contributed by atoms with Gasteiger partial charge < -0.3 is 0 Å². The molecule has 13 heavy (non-hydrogen) atoms. The standard InChI is InChI=1S/C7H7Cl2N3S/c1-10-3-4-5(8)11-7(13-2)12-6(4)9/h3H,1-2H3. The Hall–Kier alpha value is -0.320. The van der Waals surface area contributed by atoms with E-state index in [2.05, 4.69) is 15.0 Å². The van der Waals surface area contributed by atoms with Crippen LogP contribution in [0.25, 0.3) is 0 Å². The van der Waals surface area contributed by atoms with Crippen molar-refractivity contribution >= 4 is 41.2 Å². The Morgan fingerprint density at radius 1 is 1.31 bits per heavy atom. The van der Waals surface area contributed by atoms with Crippen LogP contribution in [0.4, 0.5) is 0 Å². The van der Waals surface area contributed by atoms with Gasteiger partial charge in [0.25, 0.3) is 0 Å². The van der Waals surface area contributed by atoms with Crippen LogP contribution >= 0.6 is 35.0 Å². The number of aromatic nitrogens is 2. The van der Waals surface area contributed by atoms with Gasteiger partial charge in [-0.3, -0.25) is 4.99 Å². The maximum atomic E-state index is 5.85. The zero-order valence-electron chi connectivity index (χ0n) is 7.08. The van der Waals surface area contributed by atoms with E-state index in [0.717, 1.165) is 0 Å². The van der Waals surface area contributed by atoms with Gasteiger partial charge in [0.15, 0.2) is 5.16 Å². The maximum Gasteiger partial charge on any atom is 0.190 e. The average Bonchev–Trinajstić information content (AvgIpc) is 2.11. The van der Waals surface area contributed by atoms with Crippen molar-refractivity contribution in [3.63, 3.8) is 0 Å². The van der Waals surface area contributed by atoms with Gasteiger partial charge >= 0.3 is 0 Å². The summed E-state index contributed by atoms with van der Waals surface area (Å²) in [5, 5.41) is 1.22. The third-order valence-corrected chi connectivity index (χ3v) is 2.40. The number of halogens is 2. The highest BCUT2D eigenvalue weighted by Crippen LogP contribution is 2.22. The van der Waals surface area contributed by atoms with Gasteiger partial charge in [-0.25, -0.2) is 9.97 Å². The van der Waals surface area contributed by atoms with Crippen molar-refractivity contribution in [2.45, 2.75) is 5.16 Å². The van der Waals surface area contributed by atoms with Crippen molar-refractivity contribution in [1.82, 2.24) is 9.97 Å². The Morgan fingerprint density at radius 2 is 1.85 bits per heavy atom. The van der Waals surface area contributed by atoms with Gasteiger partial charge in [0, 0.05) is 13.3 Å². The zero-order chi connectivity index (χ0) is 9.84. The summed E-state index contributed by atoms with van der Waals surface area (Å²) in [6.07, 6.45) is 3.39. The Kier molecular flexibility index (Phi) is 3.96. The second kappa shape index (κ2) is 4.79. The van der Waals surface area contributed by atoms with Crippen LogP contribution in [-0.4, -0.2) is 29.5 Å². The number of hydrogen-bond acceptors (Lipinski definition) is 4. The van der Waals surface area contributed by atoms with E-state index in [0.29, 0.717) is 21.0 Å². The van der Waals surface area contributed by atoms with Crippen molar-refractivity contribution < 1.29 is 0 Å². The SMILES string of the molecule is CN=Cc1c(Cl)nc(SC)nc1Cl. The number of aliphatic imine (C=N–C) groups is 1. The molecule has 1 aromatic rings. The molecule has 0 bridgehead atoms. The van der Waals surface area contributed by atoms with Crippen LogP contribution in [0, 0.1) is 0 Å². The molecule has 0 amide bonds. The minimum absolute atomic E-state index is 0.329. The van der Waals surface area contributed by atoms with Crippen molar-refractivity contribution in [2.75, 3.05) is 13.3 Å². The van der Waals surface area contributed by atoms with Gasteiger partial charge in [-0.15, -0.1) is 0 Å². The molecule has 3 nitrogen and oxygen atoms in total. The molecule has 1 heterocycles. The Bertz CT molecular complexity index is 318. The first-order valence-corrected chi connectivity index (χ1v) is 5.36. The van der Waals surface area contributed by atoms with Crippen LogP contribution in [0.5, 0.6) is 0 Å². The number of rotatable bonds is 2. The fraction of sp³-hybridized carbons (Fsp3) is 0.286. The lowest BCUT2D eigenvalue weighted by molar-refractivity contribution is 0.968. The molecule has 1 rings (SSSR count). The van der Waals surface area contributed by atoms with Crippen molar-refractivity contribution in [1.29, 1.82) is 0 Å². The molecule has 0 radical (unpaired) electrons. The molecule has 0 saturated heterocycles. The Morgan fingerprint density at radius 3 is 2.23 bits per heavy atom. The summed E-state index contributed by atoms with van der Waals surface area (Å²) < 4.78 is 0. The molecular formula is C7H7Cl2N3S. The van der Waals surface area contributed by atoms with Crippen molar-refractivity contribution in [3.8, 4) is 0 Å². The topological polar surface area (TPSA) is 38.1 Å². The van der Waals surface area contributed by atoms with E-state index in [4.69, 9.17) is 23.2 Å². The molecule has 0 saturated carbocycles. The molecule has 0 aliphatic rings. The Balaban J connectivity index is 3.22. The second-order valence-corrected chi connectivity index (χ2v) is 3.58. The molecule has 1 aromatic heterocycles. The summed E-state index contributed by atoms with van der Waals surface area (Å²) in [5.41, 5.74) is 0.559. The fourth-order valence-corrected chi connectivity index (χ4v) is 1.68. The van der Waals surface area contributed by atoms with E-state index in [1.807, 2.05) is 6.26 Å². The number of nitrogens with zero attached hydrogens (tertiary/aromatic N) is 3. The highest BCUT2D eigenvalue weighted by atomic mass is 35.5. The largest absolute Gasteiger partial charge is 0.296 e. The first kappa shape index (κ1) is 10.8. The molecule has 0 spiro atoms. The zero-order valence-corrected chi connectivity index (χ0v) is 9.41. The lowest BCUT2D eigenvalue weighted by atomic mass is 10.4. The molecule has 0 unspecified atom stereocenters. The van der Waals surface area contributed by atoms with Crippen molar-refractivity contribution in [3.05, 3.63) is 15.9 Å². The normalized spacial score (nSPS) is 11.1. The van der Waals surface area contributed by atoms with Crippen LogP contribution in [0.3, 0.4) is 0 Å². The predicted molar refractivity (Wildman–Crippen MR) is 57.4 cm³/mol. The van der Waals surface area contributed by atoms with E-state index in [-0.39, 0.29) is 0 Å². The van der Waals surface area contributed by atoms with E-state index in [9.17, 15) is 0 Å². The van der Waals surface area contributed by atoms with Gasteiger partial charge in [-0.1, -0.05) is 35.0 Å². The van der Waals surface area contributed by atoms with Crippen LogP contribution in [0.1, 0.15) is 5.56 Å². The predicted octanol–water partition coefficient (Wildman–Crippen LogP) is 2.55. The quantitative estimate of drug-likeness (QED) is 0.343. The molecule has 0 aromatic carbocycles. The van der Waals surface area contributed by atoms with Gasteiger partial charge in [0.05, 0.1) is 5.56 Å². The van der Waals surface area contributed by atoms with Gasteiger partial charge in [-0.2, -0.15) is 0 Å². The van der Waals surface area contributed by atoms with E-state index < -0.39 is 0 Å². The van der Waals surface area contributed by atoms with Gasteiger partial charge in [0.2, 0.25) is 0 Å². The summed E-state index contributed by atoms with van der Waals surface area (Å²) in [7, 11) is 1.63. The van der Waals surface area contributed by atoms with Crippen LogP contribution in [0.2, 0.25) is 10.3 Å². The third kappa shape index (κ3) is 2.56. The van der Waals surface area contributed by atoms with E-state index >= 15 is 0 Å². The Labute approximate surface area is 90.6 Å². The number of thioether (sulfide) groups is 1. The summed E-state index contributed by atoms with van der Waals surface area (Å²) in [6, 6.07) is 0. The fourth-order valence-electron chi connectivity index (χ4n) is 0.725. The highest BCUT2D eigenvalue weighted by molar-refractivity contribution is 7.98. The summed E-state index contributed by atoms with van der Waals surface area (Å²) in [4.78, 5) is 11.8. The molecule has 0 fully saturated rings. The van der Waals surface area contributed by atoms with Gasteiger partial charge in [0.1, 0.15) is 10.3 Å². The smallest absolute Gasteiger partial charge is 0.190 e. The molecule has 0 atom stereocenters. The molecule has 6 heteroatoms. The second-order valence-electron chi connectivity index (χ2n) is 2.09. The minimum atomic E-state index is 0.329. The average molecular weight is 236 g/mol. The summed E-state index contributed by atoms with van der Waals surface area (Å²) in [5.74, 6) is 0. The minimum Gasteiger partial charge on any atom is -0.296 e. The summed E-state index contributed by atoms with van der Waals surface area (Å²) >= 11 is 13.1. The van der Waals surface area contributed by atoms with E-state index in [1.165, 1.54) is 18.0 Å². The monoisotopic (exact) mass is 235 g/mol. The molecule has 0 aliphatic heterocycles.